The molecule has 0 saturated carbocycles. The highest BCUT2D eigenvalue weighted by atomic mass is 19.4. The maximum absolute atomic E-state index is 12.9. The number of aliphatic hydroxyl groups excluding tert-OH is 1. The Hall–Kier alpha value is -1.86. The van der Waals surface area contributed by atoms with E-state index in [1.165, 1.54) is 18.2 Å². The van der Waals surface area contributed by atoms with Gasteiger partial charge in [-0.15, -0.1) is 0 Å². The predicted molar refractivity (Wildman–Crippen MR) is 76.1 cm³/mol. The van der Waals surface area contributed by atoms with Gasteiger partial charge in [0.1, 0.15) is 0 Å². The Morgan fingerprint density at radius 1 is 1.27 bits per heavy atom. The van der Waals surface area contributed by atoms with Crippen LogP contribution < -0.4 is 5.32 Å². The molecule has 0 aliphatic carbocycles. The standard InChI is InChI=1S/C15H18F3N3O/c1-11(10-21-8-4-7-20-21)19-9-14(22)12-5-2-3-6-13(12)15(16,17)18/h2-8,11,14,19,22H,9-10H2,1H3/t11-,14-/m0/s1. The lowest BCUT2D eigenvalue weighted by molar-refractivity contribution is -0.139. The van der Waals surface area contributed by atoms with Crippen LogP contribution in [0.5, 0.6) is 0 Å². The van der Waals surface area contributed by atoms with Crippen molar-refractivity contribution in [3.8, 4) is 0 Å². The van der Waals surface area contributed by atoms with E-state index < -0.39 is 17.8 Å². The van der Waals surface area contributed by atoms with Crippen LogP contribution in [0, 0.1) is 0 Å². The number of rotatable bonds is 6. The number of aliphatic hydroxyl groups is 1. The van der Waals surface area contributed by atoms with Gasteiger partial charge in [-0.25, -0.2) is 0 Å². The average Bonchev–Trinajstić information content (AvgIpc) is 2.96. The Bertz CT molecular complexity index is 584. The summed E-state index contributed by atoms with van der Waals surface area (Å²) in [4.78, 5) is 0. The van der Waals surface area contributed by atoms with Crippen LogP contribution >= 0.6 is 0 Å². The van der Waals surface area contributed by atoms with Crippen molar-refractivity contribution >= 4 is 0 Å². The van der Waals surface area contributed by atoms with E-state index in [1.54, 1.807) is 23.1 Å². The minimum atomic E-state index is -4.47. The molecule has 0 bridgehead atoms. The van der Waals surface area contributed by atoms with E-state index in [0.717, 1.165) is 6.07 Å². The maximum Gasteiger partial charge on any atom is 0.416 e. The lowest BCUT2D eigenvalue weighted by atomic mass is 10.0. The molecule has 2 N–H and O–H groups in total. The van der Waals surface area contributed by atoms with E-state index in [1.807, 2.05) is 6.92 Å². The molecule has 2 aromatic rings. The van der Waals surface area contributed by atoms with Crippen molar-refractivity contribution in [1.29, 1.82) is 0 Å². The molecule has 2 rings (SSSR count). The highest BCUT2D eigenvalue weighted by molar-refractivity contribution is 5.31. The Kier molecular flexibility index (Phi) is 5.20. The molecule has 0 saturated heterocycles. The summed E-state index contributed by atoms with van der Waals surface area (Å²) in [6.07, 6.45) is -2.25. The molecule has 22 heavy (non-hydrogen) atoms. The fourth-order valence-corrected chi connectivity index (χ4v) is 2.22. The minimum Gasteiger partial charge on any atom is -0.387 e. The number of nitrogens with one attached hydrogen (secondary N) is 1. The molecular weight excluding hydrogens is 295 g/mol. The third-order valence-electron chi connectivity index (χ3n) is 3.30. The van der Waals surface area contributed by atoms with E-state index in [0.29, 0.717) is 6.54 Å². The first-order valence-electron chi connectivity index (χ1n) is 6.93. The Balaban J connectivity index is 1.96. The second-order valence-corrected chi connectivity index (χ2v) is 5.14. The van der Waals surface area contributed by atoms with E-state index in [-0.39, 0.29) is 18.2 Å². The van der Waals surface area contributed by atoms with Gasteiger partial charge in [0.25, 0.3) is 0 Å². The number of alkyl halides is 3. The van der Waals surface area contributed by atoms with E-state index in [9.17, 15) is 18.3 Å². The predicted octanol–water partition coefficient (Wildman–Crippen LogP) is 2.61. The lowest BCUT2D eigenvalue weighted by Crippen LogP contribution is -2.34. The summed E-state index contributed by atoms with van der Waals surface area (Å²) >= 11 is 0. The largest absolute Gasteiger partial charge is 0.416 e. The van der Waals surface area contributed by atoms with E-state index in [4.69, 9.17) is 0 Å². The summed E-state index contributed by atoms with van der Waals surface area (Å²) in [5.74, 6) is 0. The normalized spacial score (nSPS) is 14.8. The van der Waals surface area contributed by atoms with Crippen molar-refractivity contribution in [2.75, 3.05) is 6.54 Å². The van der Waals surface area contributed by atoms with Crippen LogP contribution in [0.15, 0.2) is 42.7 Å². The number of halogens is 3. The molecule has 1 aromatic carbocycles. The van der Waals surface area contributed by atoms with Crippen LogP contribution in [0.25, 0.3) is 0 Å². The molecule has 120 valence electrons. The number of hydrogen-bond donors (Lipinski definition) is 2. The highest BCUT2D eigenvalue weighted by Gasteiger charge is 2.34. The zero-order chi connectivity index (χ0) is 16.2. The fraction of sp³-hybridized carbons (Fsp3) is 0.400. The van der Waals surface area contributed by atoms with Gasteiger partial charge in [0.05, 0.1) is 18.2 Å². The van der Waals surface area contributed by atoms with Crippen molar-refractivity contribution in [2.45, 2.75) is 31.8 Å². The quantitative estimate of drug-likeness (QED) is 0.862. The fourth-order valence-electron chi connectivity index (χ4n) is 2.22. The number of hydrogen-bond acceptors (Lipinski definition) is 3. The molecule has 0 amide bonds. The molecule has 0 aliphatic rings. The third kappa shape index (κ3) is 4.32. The zero-order valence-electron chi connectivity index (χ0n) is 12.1. The molecule has 2 atom stereocenters. The minimum absolute atomic E-state index is 0.0346. The maximum atomic E-state index is 12.9. The van der Waals surface area contributed by atoms with Crippen LogP contribution in [0.3, 0.4) is 0 Å². The van der Waals surface area contributed by atoms with Crippen LogP contribution in [0.4, 0.5) is 13.2 Å². The van der Waals surface area contributed by atoms with Gasteiger partial charge in [0.15, 0.2) is 0 Å². The first-order valence-corrected chi connectivity index (χ1v) is 6.93. The van der Waals surface area contributed by atoms with Crippen LogP contribution in [0.1, 0.15) is 24.2 Å². The monoisotopic (exact) mass is 313 g/mol. The summed E-state index contributed by atoms with van der Waals surface area (Å²) in [6, 6.07) is 6.83. The number of nitrogens with zero attached hydrogens (tertiary/aromatic N) is 2. The molecule has 7 heteroatoms. The van der Waals surface area contributed by atoms with Gasteiger partial charge in [-0.3, -0.25) is 4.68 Å². The summed E-state index contributed by atoms with van der Waals surface area (Å²) in [5, 5.41) is 17.1. The molecule has 1 heterocycles. The molecule has 0 radical (unpaired) electrons. The molecule has 1 aromatic heterocycles. The van der Waals surface area contributed by atoms with Gasteiger partial charge in [-0.1, -0.05) is 18.2 Å². The number of aromatic nitrogens is 2. The van der Waals surface area contributed by atoms with Crippen molar-refractivity contribution in [2.24, 2.45) is 0 Å². The van der Waals surface area contributed by atoms with Gasteiger partial charge in [0.2, 0.25) is 0 Å². The summed E-state index contributed by atoms with van der Waals surface area (Å²) in [5.41, 5.74) is -0.919. The molecule has 4 nitrogen and oxygen atoms in total. The van der Waals surface area contributed by atoms with Crippen LogP contribution in [-0.4, -0.2) is 27.5 Å². The second kappa shape index (κ2) is 6.93. The second-order valence-electron chi connectivity index (χ2n) is 5.14. The zero-order valence-corrected chi connectivity index (χ0v) is 12.1. The smallest absolute Gasteiger partial charge is 0.387 e. The topological polar surface area (TPSA) is 50.1 Å². The third-order valence-corrected chi connectivity index (χ3v) is 3.30. The summed E-state index contributed by atoms with van der Waals surface area (Å²) in [6.45, 7) is 2.49. The van der Waals surface area contributed by atoms with E-state index in [2.05, 4.69) is 10.4 Å². The highest BCUT2D eigenvalue weighted by Crippen LogP contribution is 2.34. The van der Waals surface area contributed by atoms with Gasteiger partial charge < -0.3 is 10.4 Å². The van der Waals surface area contributed by atoms with E-state index >= 15 is 0 Å². The Morgan fingerprint density at radius 2 is 2.00 bits per heavy atom. The molecule has 0 spiro atoms. The van der Waals surface area contributed by atoms with Gasteiger partial charge in [-0.2, -0.15) is 18.3 Å². The molecule has 0 aliphatic heterocycles. The summed E-state index contributed by atoms with van der Waals surface area (Å²) in [7, 11) is 0. The first-order chi connectivity index (χ1) is 10.4. The van der Waals surface area contributed by atoms with Crippen LogP contribution in [0.2, 0.25) is 0 Å². The summed E-state index contributed by atoms with van der Waals surface area (Å²) < 4.78 is 40.5. The molecule has 0 fully saturated rings. The SMILES string of the molecule is C[C@@H](Cn1cccn1)NC[C@H](O)c1ccccc1C(F)(F)F. The van der Waals surface area contributed by atoms with Crippen LogP contribution in [-0.2, 0) is 12.7 Å². The average molecular weight is 313 g/mol. The lowest BCUT2D eigenvalue weighted by Gasteiger charge is -2.20. The van der Waals surface area contributed by atoms with Crippen molar-refractivity contribution < 1.29 is 18.3 Å². The first kappa shape index (κ1) is 16.5. The van der Waals surface area contributed by atoms with Crippen molar-refractivity contribution in [3.63, 3.8) is 0 Å². The van der Waals surface area contributed by atoms with Crippen molar-refractivity contribution in [1.82, 2.24) is 15.1 Å². The van der Waals surface area contributed by atoms with Gasteiger partial charge in [-0.05, 0) is 24.6 Å². The molecular formula is C15H18F3N3O. The van der Waals surface area contributed by atoms with Gasteiger partial charge >= 0.3 is 6.18 Å². The molecule has 0 unspecified atom stereocenters. The van der Waals surface area contributed by atoms with Crippen molar-refractivity contribution in [3.05, 3.63) is 53.9 Å². The van der Waals surface area contributed by atoms with Gasteiger partial charge in [0, 0.05) is 25.0 Å². The number of benzene rings is 1. The Morgan fingerprint density at radius 3 is 2.64 bits per heavy atom. The Labute approximate surface area is 126 Å².